The smallest absolute Gasteiger partial charge is 0.363 e. The van der Waals surface area contributed by atoms with Gasteiger partial charge in [0, 0.05) is 0 Å². The van der Waals surface area contributed by atoms with E-state index in [4.69, 9.17) is 4.74 Å². The Hall–Kier alpha value is -1.61. The van der Waals surface area contributed by atoms with E-state index in [1.165, 1.54) is 4.72 Å². The molecule has 1 aromatic carbocycles. The van der Waals surface area contributed by atoms with Crippen molar-refractivity contribution in [3.63, 3.8) is 0 Å². The lowest BCUT2D eigenvalue weighted by molar-refractivity contribution is -0.132. The Labute approximate surface area is 119 Å². The van der Waals surface area contributed by atoms with Crippen LogP contribution in [0.5, 0.6) is 0 Å². The van der Waals surface area contributed by atoms with Crippen LogP contribution < -0.4 is 4.72 Å². The van der Waals surface area contributed by atoms with Gasteiger partial charge in [0.25, 0.3) is 5.91 Å². The first-order valence-electron chi connectivity index (χ1n) is 5.98. The van der Waals surface area contributed by atoms with Crippen molar-refractivity contribution in [1.29, 1.82) is 0 Å². The first-order chi connectivity index (χ1) is 9.68. The van der Waals surface area contributed by atoms with E-state index in [9.17, 15) is 26.4 Å². The van der Waals surface area contributed by atoms with Gasteiger partial charge in [-0.25, -0.2) is 8.42 Å². The van der Waals surface area contributed by atoms with Gasteiger partial charge in [-0.1, -0.05) is 24.3 Å². The van der Waals surface area contributed by atoms with Gasteiger partial charge in [-0.05, 0) is 17.5 Å². The van der Waals surface area contributed by atoms with E-state index in [2.05, 4.69) is 0 Å². The number of hydrogen-bond donors (Lipinski definition) is 1. The summed E-state index contributed by atoms with van der Waals surface area (Å²) in [7, 11) is -4.79. The van der Waals surface area contributed by atoms with Gasteiger partial charge in [0.2, 0.25) is 10.0 Å². The Morgan fingerprint density at radius 2 is 2.00 bits per heavy atom. The fourth-order valence-electron chi connectivity index (χ4n) is 2.07. The number of carbonyl (C=O) groups is 1. The number of amides is 1. The summed E-state index contributed by atoms with van der Waals surface area (Å²) in [5.74, 6) is -3.23. The fourth-order valence-corrected chi connectivity index (χ4v) is 2.99. The van der Waals surface area contributed by atoms with Gasteiger partial charge in [-0.2, -0.15) is 13.2 Å². The Morgan fingerprint density at radius 1 is 1.33 bits per heavy atom. The van der Waals surface area contributed by atoms with Crippen molar-refractivity contribution < 1.29 is 31.1 Å². The molecule has 1 amide bonds. The van der Waals surface area contributed by atoms with Crippen LogP contribution in [0.3, 0.4) is 0 Å². The lowest BCUT2D eigenvalue weighted by Gasteiger charge is -2.25. The molecule has 5 nitrogen and oxygen atoms in total. The highest BCUT2D eigenvalue weighted by atomic mass is 32.2. The molecule has 0 saturated heterocycles. The summed E-state index contributed by atoms with van der Waals surface area (Å²) >= 11 is 0. The quantitative estimate of drug-likeness (QED) is 0.910. The summed E-state index contributed by atoms with van der Waals surface area (Å²) in [5.41, 5.74) is 1.26. The predicted molar refractivity (Wildman–Crippen MR) is 66.8 cm³/mol. The van der Waals surface area contributed by atoms with Crippen molar-refractivity contribution in [2.24, 2.45) is 0 Å². The molecular weight excluding hydrogens is 311 g/mol. The molecule has 0 fully saturated rings. The van der Waals surface area contributed by atoms with Crippen molar-refractivity contribution >= 4 is 15.9 Å². The van der Waals surface area contributed by atoms with Crippen molar-refractivity contribution in [2.45, 2.75) is 18.7 Å². The van der Waals surface area contributed by atoms with Crippen molar-refractivity contribution in [3.05, 3.63) is 35.4 Å². The molecule has 2 rings (SSSR count). The molecule has 1 N–H and O–H groups in total. The Balaban J connectivity index is 2.15. The molecule has 1 aliphatic rings. The second kappa shape index (κ2) is 5.64. The van der Waals surface area contributed by atoms with Gasteiger partial charge >= 0.3 is 6.18 Å². The minimum absolute atomic E-state index is 0.189. The highest BCUT2D eigenvalue weighted by molar-refractivity contribution is 7.90. The molecule has 1 unspecified atom stereocenters. The molecule has 0 aromatic heterocycles. The monoisotopic (exact) mass is 323 g/mol. The average Bonchev–Trinajstić information content (AvgIpc) is 2.34. The molecule has 9 heteroatoms. The zero-order valence-corrected chi connectivity index (χ0v) is 11.5. The van der Waals surface area contributed by atoms with E-state index >= 15 is 0 Å². The molecule has 1 heterocycles. The molecule has 1 aliphatic heterocycles. The van der Waals surface area contributed by atoms with E-state index in [-0.39, 0.29) is 6.61 Å². The largest absolute Gasteiger partial charge is 0.404 e. The van der Waals surface area contributed by atoms with Gasteiger partial charge < -0.3 is 4.74 Å². The van der Waals surface area contributed by atoms with E-state index in [0.29, 0.717) is 12.0 Å². The molecule has 0 spiro atoms. The molecule has 1 atom stereocenters. The van der Waals surface area contributed by atoms with Gasteiger partial charge in [-0.3, -0.25) is 9.52 Å². The van der Waals surface area contributed by atoms with Crippen molar-refractivity contribution in [2.75, 3.05) is 12.4 Å². The second-order valence-corrected chi connectivity index (χ2v) is 6.26. The van der Waals surface area contributed by atoms with Crippen LogP contribution in [-0.2, 0) is 26.0 Å². The minimum atomic E-state index is -4.92. The van der Waals surface area contributed by atoms with Gasteiger partial charge in [0.05, 0.1) is 6.61 Å². The number of sulfonamides is 1. The first kappa shape index (κ1) is 15.8. The SMILES string of the molecule is O=C(NS(=O)(=O)CC(F)(F)F)C1OCCc2ccccc21. The Bertz CT molecular complexity index is 642. The van der Waals surface area contributed by atoms with Crippen LogP contribution in [0.15, 0.2) is 24.3 Å². The summed E-state index contributed by atoms with van der Waals surface area (Å²) in [5, 5.41) is 0. The van der Waals surface area contributed by atoms with Crippen LogP contribution in [-0.4, -0.2) is 32.9 Å². The Kier molecular flexibility index (Phi) is 4.24. The van der Waals surface area contributed by atoms with Crippen LogP contribution in [0.4, 0.5) is 13.2 Å². The van der Waals surface area contributed by atoms with Gasteiger partial charge in [-0.15, -0.1) is 0 Å². The van der Waals surface area contributed by atoms with Crippen LogP contribution in [0.1, 0.15) is 17.2 Å². The summed E-state index contributed by atoms with van der Waals surface area (Å²) in [6.07, 6.45) is -5.59. The molecule has 0 aliphatic carbocycles. The van der Waals surface area contributed by atoms with Crippen LogP contribution in [0, 0.1) is 0 Å². The topological polar surface area (TPSA) is 72.5 Å². The summed E-state index contributed by atoms with van der Waals surface area (Å²) in [6, 6.07) is 6.72. The van der Waals surface area contributed by atoms with Crippen LogP contribution >= 0.6 is 0 Å². The van der Waals surface area contributed by atoms with Crippen molar-refractivity contribution in [3.8, 4) is 0 Å². The molecule has 0 saturated carbocycles. The number of carbonyl (C=O) groups excluding carboxylic acids is 1. The highest BCUT2D eigenvalue weighted by Gasteiger charge is 2.38. The summed E-state index contributed by atoms with van der Waals surface area (Å²) in [6.45, 7) is 0.189. The van der Waals surface area contributed by atoms with Gasteiger partial charge in [0.15, 0.2) is 11.9 Å². The number of ether oxygens (including phenoxy) is 1. The number of rotatable bonds is 3. The lowest BCUT2D eigenvalue weighted by Crippen LogP contribution is -2.41. The molecule has 116 valence electrons. The van der Waals surface area contributed by atoms with E-state index < -0.39 is 34.0 Å². The standard InChI is InChI=1S/C12H12F3NO4S/c13-12(14,15)7-21(18,19)16-11(17)10-9-4-2-1-3-8(9)5-6-20-10/h1-4,10H,5-7H2,(H,16,17). The first-order valence-corrected chi connectivity index (χ1v) is 7.64. The molecular formula is C12H12F3NO4S. The third-order valence-electron chi connectivity index (χ3n) is 2.84. The number of hydrogen-bond acceptors (Lipinski definition) is 4. The lowest BCUT2D eigenvalue weighted by atomic mass is 9.97. The van der Waals surface area contributed by atoms with Crippen LogP contribution in [0.2, 0.25) is 0 Å². The van der Waals surface area contributed by atoms with E-state index in [1.807, 2.05) is 0 Å². The zero-order valence-electron chi connectivity index (χ0n) is 10.7. The maximum Gasteiger partial charge on any atom is 0.404 e. The van der Waals surface area contributed by atoms with Gasteiger partial charge in [0.1, 0.15) is 0 Å². The zero-order chi connectivity index (χ0) is 15.7. The fraction of sp³-hybridized carbons (Fsp3) is 0.417. The average molecular weight is 323 g/mol. The maximum absolute atomic E-state index is 12.1. The Morgan fingerprint density at radius 3 is 2.67 bits per heavy atom. The molecule has 1 aromatic rings. The number of fused-ring (bicyclic) bond motifs is 1. The van der Waals surface area contributed by atoms with Crippen LogP contribution in [0.25, 0.3) is 0 Å². The number of halogens is 3. The number of nitrogens with one attached hydrogen (secondary N) is 1. The van der Waals surface area contributed by atoms with E-state index in [1.54, 1.807) is 24.3 Å². The highest BCUT2D eigenvalue weighted by Crippen LogP contribution is 2.27. The molecule has 0 bridgehead atoms. The number of alkyl halides is 3. The third-order valence-corrected chi connectivity index (χ3v) is 4.06. The molecule has 0 radical (unpaired) electrons. The summed E-state index contributed by atoms with van der Waals surface area (Å²) in [4.78, 5) is 11.9. The minimum Gasteiger partial charge on any atom is -0.363 e. The summed E-state index contributed by atoms with van der Waals surface area (Å²) < 4.78 is 65.6. The normalized spacial score (nSPS) is 18.9. The van der Waals surface area contributed by atoms with Crippen molar-refractivity contribution in [1.82, 2.24) is 4.72 Å². The van der Waals surface area contributed by atoms with E-state index in [0.717, 1.165) is 5.56 Å². The second-order valence-electron chi connectivity index (χ2n) is 4.54. The number of benzene rings is 1. The molecule has 21 heavy (non-hydrogen) atoms. The third kappa shape index (κ3) is 4.18. The predicted octanol–water partition coefficient (Wildman–Crippen LogP) is 1.31. The maximum atomic E-state index is 12.1.